The van der Waals surface area contributed by atoms with Crippen molar-refractivity contribution in [3.8, 4) is 0 Å². The number of rotatable bonds is 3. The molecular weight excluding hydrogens is 247 g/mol. The Labute approximate surface area is 99.3 Å². The predicted octanol–water partition coefficient (Wildman–Crippen LogP) is 1.65. The first-order chi connectivity index (χ1) is 7.81. The van der Waals surface area contributed by atoms with Crippen LogP contribution >= 0.6 is 0 Å². The van der Waals surface area contributed by atoms with Crippen molar-refractivity contribution in [3.05, 3.63) is 28.8 Å². The number of carbonyl (C=O) groups excluding carboxylic acids is 1. The van der Waals surface area contributed by atoms with Crippen LogP contribution in [0.15, 0.2) is 17.0 Å². The summed E-state index contributed by atoms with van der Waals surface area (Å²) in [5, 5.41) is 0. The summed E-state index contributed by atoms with van der Waals surface area (Å²) in [6, 6.07) is 2.51. The van der Waals surface area contributed by atoms with Gasteiger partial charge in [-0.1, -0.05) is 6.07 Å². The molecule has 0 aliphatic heterocycles. The third kappa shape index (κ3) is 2.82. The number of ether oxygens (including phenoxy) is 1. The van der Waals surface area contributed by atoms with E-state index in [1.165, 1.54) is 6.07 Å². The highest BCUT2D eigenvalue weighted by atomic mass is 32.2. The quantitative estimate of drug-likeness (QED) is 0.775. The topological polar surface area (TPSA) is 60.4 Å². The van der Waals surface area contributed by atoms with Crippen molar-refractivity contribution in [2.24, 2.45) is 0 Å². The van der Waals surface area contributed by atoms with Crippen molar-refractivity contribution in [1.82, 2.24) is 0 Å². The molecule has 0 saturated carbocycles. The largest absolute Gasteiger partial charge is 0.465 e. The Bertz CT molecular complexity index is 549. The average molecular weight is 260 g/mol. The molecule has 0 aromatic heterocycles. The van der Waals surface area contributed by atoms with E-state index < -0.39 is 22.5 Å². The van der Waals surface area contributed by atoms with Gasteiger partial charge in [0.1, 0.15) is 6.67 Å². The predicted molar refractivity (Wildman–Crippen MR) is 60.4 cm³/mol. The van der Waals surface area contributed by atoms with Crippen LogP contribution in [0.5, 0.6) is 0 Å². The first kappa shape index (κ1) is 13.6. The van der Waals surface area contributed by atoms with E-state index in [4.69, 9.17) is 0 Å². The van der Waals surface area contributed by atoms with Gasteiger partial charge in [-0.2, -0.15) is 0 Å². The van der Waals surface area contributed by atoms with Gasteiger partial charge < -0.3 is 4.74 Å². The number of aryl methyl sites for hydroxylation is 1. The highest BCUT2D eigenvalue weighted by Gasteiger charge is 2.19. The number of esters is 1. The number of carbonyl (C=O) groups is 1. The van der Waals surface area contributed by atoms with Crippen LogP contribution < -0.4 is 0 Å². The SMILES string of the molecule is COC(=O)c1cc(S(C)(=O)=O)c(C)cc1CF. The highest BCUT2D eigenvalue weighted by molar-refractivity contribution is 7.90. The minimum Gasteiger partial charge on any atom is -0.465 e. The molecule has 0 unspecified atom stereocenters. The van der Waals surface area contributed by atoms with Crippen LogP contribution in [0.4, 0.5) is 4.39 Å². The Kier molecular flexibility index (Phi) is 3.87. The van der Waals surface area contributed by atoms with Crippen LogP contribution in [-0.4, -0.2) is 27.8 Å². The van der Waals surface area contributed by atoms with E-state index in [0.29, 0.717) is 5.56 Å². The Morgan fingerprint density at radius 3 is 2.41 bits per heavy atom. The van der Waals surface area contributed by atoms with E-state index >= 15 is 0 Å². The molecule has 1 aromatic rings. The number of benzene rings is 1. The molecule has 1 rings (SSSR count). The lowest BCUT2D eigenvalue weighted by Gasteiger charge is -2.10. The van der Waals surface area contributed by atoms with Gasteiger partial charge in [0.25, 0.3) is 0 Å². The lowest BCUT2D eigenvalue weighted by Crippen LogP contribution is -2.09. The molecule has 17 heavy (non-hydrogen) atoms. The fraction of sp³-hybridized carbons (Fsp3) is 0.364. The molecule has 0 N–H and O–H groups in total. The summed E-state index contributed by atoms with van der Waals surface area (Å²) in [5.41, 5.74) is 0.482. The third-order valence-corrected chi connectivity index (χ3v) is 3.59. The van der Waals surface area contributed by atoms with Crippen LogP contribution in [0.3, 0.4) is 0 Å². The molecule has 0 spiro atoms. The fourth-order valence-corrected chi connectivity index (χ4v) is 2.53. The summed E-state index contributed by atoms with van der Waals surface area (Å²) in [7, 11) is -2.30. The maximum atomic E-state index is 12.7. The molecular formula is C11H13FO4S. The third-order valence-electron chi connectivity index (χ3n) is 2.35. The number of hydrogen-bond acceptors (Lipinski definition) is 4. The van der Waals surface area contributed by atoms with Gasteiger partial charge in [0.15, 0.2) is 9.84 Å². The summed E-state index contributed by atoms with van der Waals surface area (Å²) >= 11 is 0. The van der Waals surface area contributed by atoms with Gasteiger partial charge in [-0.05, 0) is 24.1 Å². The van der Waals surface area contributed by atoms with E-state index in [1.54, 1.807) is 6.92 Å². The van der Waals surface area contributed by atoms with Gasteiger partial charge >= 0.3 is 5.97 Å². The first-order valence-electron chi connectivity index (χ1n) is 4.79. The van der Waals surface area contributed by atoms with Crippen molar-refractivity contribution in [2.45, 2.75) is 18.5 Å². The first-order valence-corrected chi connectivity index (χ1v) is 6.68. The van der Waals surface area contributed by atoms with Crippen molar-refractivity contribution >= 4 is 15.8 Å². The number of methoxy groups -OCH3 is 1. The lowest BCUT2D eigenvalue weighted by atomic mass is 10.1. The van der Waals surface area contributed by atoms with Gasteiger partial charge in [-0.3, -0.25) is 0 Å². The molecule has 0 radical (unpaired) electrons. The zero-order valence-corrected chi connectivity index (χ0v) is 10.6. The molecule has 0 bridgehead atoms. The van der Waals surface area contributed by atoms with Gasteiger partial charge in [0, 0.05) is 6.26 Å². The van der Waals surface area contributed by atoms with E-state index in [9.17, 15) is 17.6 Å². The summed E-state index contributed by atoms with van der Waals surface area (Å²) in [4.78, 5) is 11.4. The van der Waals surface area contributed by atoms with E-state index in [-0.39, 0.29) is 16.0 Å². The number of halogens is 1. The Morgan fingerprint density at radius 2 is 2.00 bits per heavy atom. The minimum absolute atomic E-state index is 0.00935. The van der Waals surface area contributed by atoms with E-state index in [2.05, 4.69) is 4.74 Å². The molecule has 0 aliphatic carbocycles. The second-order valence-corrected chi connectivity index (χ2v) is 5.66. The highest BCUT2D eigenvalue weighted by Crippen LogP contribution is 2.22. The standard InChI is InChI=1S/C11H13FO4S/c1-7-4-8(6-12)9(11(13)16-2)5-10(7)17(3,14)15/h4-5H,6H2,1-3H3. The Balaban J connectivity index is 3.54. The zero-order chi connectivity index (χ0) is 13.2. The van der Waals surface area contributed by atoms with Crippen LogP contribution in [0.25, 0.3) is 0 Å². The Hall–Kier alpha value is -1.43. The lowest BCUT2D eigenvalue weighted by molar-refractivity contribution is 0.0598. The number of sulfone groups is 1. The summed E-state index contributed by atoms with van der Waals surface area (Å²) in [6.45, 7) is 0.700. The molecule has 0 fully saturated rings. The molecule has 0 heterocycles. The smallest absolute Gasteiger partial charge is 0.338 e. The monoisotopic (exact) mass is 260 g/mol. The van der Waals surface area contributed by atoms with Gasteiger partial charge in [0.05, 0.1) is 17.6 Å². The van der Waals surface area contributed by atoms with Crippen LogP contribution in [-0.2, 0) is 21.2 Å². The van der Waals surface area contributed by atoms with Crippen molar-refractivity contribution < 1.29 is 22.3 Å². The number of hydrogen-bond donors (Lipinski definition) is 0. The molecule has 4 nitrogen and oxygen atoms in total. The van der Waals surface area contributed by atoms with Gasteiger partial charge in [-0.25, -0.2) is 17.6 Å². The van der Waals surface area contributed by atoms with Gasteiger partial charge in [0.2, 0.25) is 0 Å². The van der Waals surface area contributed by atoms with Crippen LogP contribution in [0.1, 0.15) is 21.5 Å². The van der Waals surface area contributed by atoms with Crippen molar-refractivity contribution in [3.63, 3.8) is 0 Å². The summed E-state index contributed by atoms with van der Waals surface area (Å²) in [5.74, 6) is -0.748. The second-order valence-electron chi connectivity index (χ2n) is 3.67. The van der Waals surface area contributed by atoms with Crippen LogP contribution in [0, 0.1) is 6.92 Å². The molecule has 0 saturated heterocycles. The molecule has 1 aromatic carbocycles. The van der Waals surface area contributed by atoms with Crippen molar-refractivity contribution in [2.75, 3.05) is 13.4 Å². The van der Waals surface area contributed by atoms with Crippen molar-refractivity contribution in [1.29, 1.82) is 0 Å². The second kappa shape index (κ2) is 4.83. The van der Waals surface area contributed by atoms with Crippen LogP contribution in [0.2, 0.25) is 0 Å². The zero-order valence-electron chi connectivity index (χ0n) is 9.78. The maximum absolute atomic E-state index is 12.7. The molecule has 0 atom stereocenters. The van der Waals surface area contributed by atoms with Gasteiger partial charge in [-0.15, -0.1) is 0 Å². The molecule has 6 heteroatoms. The molecule has 94 valence electrons. The fourth-order valence-electron chi connectivity index (χ4n) is 1.56. The average Bonchev–Trinajstić information content (AvgIpc) is 2.25. The molecule has 0 amide bonds. The summed E-state index contributed by atoms with van der Waals surface area (Å²) < 4.78 is 40.2. The van der Waals surface area contributed by atoms with E-state index in [0.717, 1.165) is 19.4 Å². The maximum Gasteiger partial charge on any atom is 0.338 e. The molecule has 0 aliphatic rings. The summed E-state index contributed by atoms with van der Waals surface area (Å²) in [6.07, 6.45) is 1.03. The Morgan fingerprint density at radius 1 is 1.41 bits per heavy atom. The minimum atomic E-state index is -3.45. The van der Waals surface area contributed by atoms with E-state index in [1.807, 2.05) is 0 Å². The number of alkyl halides is 1. The normalized spacial score (nSPS) is 11.3.